The first-order valence-electron chi connectivity index (χ1n) is 44.3. The van der Waals surface area contributed by atoms with Crippen LogP contribution in [0.3, 0.4) is 0 Å². The Labute approximate surface area is 761 Å². The molecule has 3 aliphatic rings. The number of likely N-dealkylation sites (N-methyl/N-ethyl adjacent to an activating group) is 3. The number of rotatable bonds is 25. The molecule has 0 aliphatic carbocycles. The number of aliphatic hydroxyl groups is 1. The number of thioether (sulfide) groups is 1. The fraction of sp³-hybridized carbons (Fsp3) is 0.528. The molecular weight excluding hydrogens is 1720 g/mol. The Hall–Kier alpha value is -13.0. The number of aromatic nitrogens is 4. The lowest BCUT2D eigenvalue weighted by Gasteiger charge is -2.36. The lowest BCUT2D eigenvalue weighted by molar-refractivity contribution is -0.149. The van der Waals surface area contributed by atoms with Crippen LogP contribution < -0.4 is 64.6 Å². The maximum absolute atomic E-state index is 15.6. The number of aliphatic carboxylic acids is 1. The van der Waals surface area contributed by atoms with Gasteiger partial charge in [-0.25, -0.2) is 4.98 Å². The van der Waals surface area contributed by atoms with Gasteiger partial charge in [0, 0.05) is 99.6 Å². The number of aromatic amines is 3. The number of hydrogen-bond donors (Lipinski definition) is 18. The molecule has 6 aromatic rings. The van der Waals surface area contributed by atoms with E-state index in [2.05, 4.69) is 73.1 Å². The zero-order chi connectivity index (χ0) is 95.3. The molecule has 3 aliphatic heterocycles. The monoisotopic (exact) mass is 1840 g/mol. The molecule has 0 saturated carbocycles. The number of nitrogens with two attached hydrogens (primary N) is 2. The number of phenols is 1. The lowest BCUT2D eigenvalue weighted by atomic mass is 10.00. The van der Waals surface area contributed by atoms with Gasteiger partial charge in [0.1, 0.15) is 90.3 Å². The Morgan fingerprint density at radius 2 is 1.07 bits per heavy atom. The molecule has 131 heavy (non-hydrogen) atoms. The van der Waals surface area contributed by atoms with Crippen LogP contribution in [-0.2, 0) is 107 Å². The van der Waals surface area contributed by atoms with Gasteiger partial charge in [-0.3, -0.25) is 81.5 Å². The molecule has 0 bridgehead atoms. The number of primary amides is 1. The number of aryl methyl sites for hydroxylation is 1. The number of para-hydroxylation sites is 2. The van der Waals surface area contributed by atoms with Crippen LogP contribution in [0, 0.1) is 0 Å². The van der Waals surface area contributed by atoms with E-state index in [-0.39, 0.29) is 120 Å². The predicted molar refractivity (Wildman–Crippen MR) is 481 cm³/mol. The van der Waals surface area contributed by atoms with Gasteiger partial charge in [-0.2, -0.15) is 0 Å². The van der Waals surface area contributed by atoms with Crippen molar-refractivity contribution in [2.75, 3.05) is 65.4 Å². The van der Waals surface area contributed by atoms with Crippen molar-refractivity contribution in [1.82, 2.24) is 97.6 Å². The molecule has 14 atom stereocenters. The third kappa shape index (κ3) is 28.0. The molecule has 9 rings (SSSR count). The van der Waals surface area contributed by atoms with Crippen LogP contribution in [0.2, 0.25) is 0 Å². The van der Waals surface area contributed by atoms with E-state index in [9.17, 15) is 63.3 Å². The number of fused-ring (bicyclic) bond motifs is 4. The van der Waals surface area contributed by atoms with Gasteiger partial charge in [-0.15, -0.1) is 11.8 Å². The summed E-state index contributed by atoms with van der Waals surface area (Å²) in [5, 5.41) is 59.5. The molecule has 3 aromatic carbocycles. The molecule has 1 unspecified atom stereocenters. The highest BCUT2D eigenvalue weighted by Crippen LogP contribution is 2.28. The third-order valence-electron chi connectivity index (χ3n) is 23.9. The maximum atomic E-state index is 15.6. The first kappa shape index (κ1) is 102. The third-order valence-corrected chi connectivity index (χ3v) is 24.9. The van der Waals surface area contributed by atoms with Gasteiger partial charge in [0.2, 0.25) is 94.5 Å². The van der Waals surface area contributed by atoms with Gasteiger partial charge >= 0.3 is 5.97 Å². The van der Waals surface area contributed by atoms with E-state index in [1.165, 1.54) is 76.7 Å². The number of nitrogens with one attached hydrogen (secondary N) is 13. The number of unbranched alkanes of at least 4 members (excludes halogenated alkanes) is 3. The Kier molecular flexibility index (Phi) is 38.2. The summed E-state index contributed by atoms with van der Waals surface area (Å²) >= 11 is 0.805. The summed E-state index contributed by atoms with van der Waals surface area (Å²) < 4.78 is 0. The summed E-state index contributed by atoms with van der Waals surface area (Å²) in [7, 11) is 4.00. The highest BCUT2D eigenvalue weighted by atomic mass is 32.2. The second-order valence-electron chi connectivity index (χ2n) is 33.4. The Morgan fingerprint density at radius 1 is 0.527 bits per heavy atom. The smallest absolute Gasteiger partial charge is 0.305 e. The number of imidazole rings is 1. The van der Waals surface area contributed by atoms with Crippen LogP contribution in [0.5, 0.6) is 5.75 Å². The molecule has 3 saturated heterocycles. The van der Waals surface area contributed by atoms with Crippen molar-refractivity contribution >= 4 is 134 Å². The Morgan fingerprint density at radius 3 is 1.67 bits per heavy atom. The van der Waals surface area contributed by atoms with E-state index < -0.39 is 210 Å². The van der Waals surface area contributed by atoms with Gasteiger partial charge < -0.3 is 119 Å². The molecule has 710 valence electrons. The van der Waals surface area contributed by atoms with Gasteiger partial charge in [0.15, 0.2) is 0 Å². The number of carbonyl (C=O) groups is 17. The van der Waals surface area contributed by atoms with Crippen LogP contribution >= 0.6 is 11.8 Å². The molecule has 16 amide bonds. The number of aromatic hydroxyl groups is 1. The van der Waals surface area contributed by atoms with Crippen molar-refractivity contribution in [3.8, 4) is 5.75 Å². The number of amides is 16. The van der Waals surface area contributed by atoms with Gasteiger partial charge in [0.25, 0.3) is 0 Å². The largest absolute Gasteiger partial charge is 0.508 e. The summed E-state index contributed by atoms with van der Waals surface area (Å²) in [4.78, 5) is 267. The van der Waals surface area contributed by atoms with Crippen molar-refractivity contribution in [1.29, 1.82) is 0 Å². The number of nitrogens with zero attached hydrogens (tertiary/aromatic N) is 6. The SMILES string of the molecule is CCCC[C@H]1C(=O)N(C)[C@@H](CCCC)C(=O)N[C@@H](C)C(=O)N[C@H](C(=O)NCC(N)=O)CSCC(=O)N[C@@H](Cc2ccc(O)cc2)C(=O)N(C)[C@@H](C)C(=O)N[C@@H](CCCCN)C(=O)N2CCC[C@H]2C(=O)N[C@@H](Cc2c[nH]cn2)C(=O)N[C@@H](CC(=O)O)C(=O)N2CCCC2C(=O)N[C@@H](CCc2c[nH]c3ccccc23)C(=O)N[C@@H](CO)C(=O)N[C@@H](Cc2c[nH]c3ccccc23)C(=O)N1C. The molecule has 20 N–H and O–H groups in total. The van der Waals surface area contributed by atoms with Crippen molar-refractivity contribution in [2.24, 2.45) is 11.5 Å². The summed E-state index contributed by atoms with van der Waals surface area (Å²) in [6.07, 6.45) is 6.97. The minimum atomic E-state index is -1.92. The fourth-order valence-corrected chi connectivity index (χ4v) is 17.2. The standard InChI is InChI=1S/C89H123N21O20S/c1-8-10-25-69-82(123)97-50(3)76(117)105-68(78(119)95-45-73(91)113)47-131-48-74(114)98-64(38-52-29-32-56(112)33-30-52)85(126)106(5)51(4)77(118)100-62(24-16-17-35-90)87(128)109-36-18-28-71(109)84(125)101-63(40-55-44-92-49-96-55)80(121)103-66(41-75(115)116)88(129)110-37-19-27-70(110)83(124)99-61(34-31-53-42-93-59-22-14-12-20-57(53)59)79(120)104-67(46-111)81(122)102-65(39-54-43-94-60-23-15-13-21-58(54)60)86(127)108(7)72(26-11-9-2)89(130)107(69)6/h12-15,20-23,29-30,32-33,42-44,49-51,61-72,93-94,111-112H,8-11,16-19,24-28,31,34-41,45-48,90H2,1-7H3,(H2,91,113)(H,92,96)(H,95,119)(H,97,123)(H,98,114)(H,99,124)(H,100,118)(H,101,125)(H,102,122)(H,103,121)(H,104,120)(H,105,117)(H,115,116)/t50-,51-,61-,62-,63-,64-,65-,66-,67-,68-,69-,70?,71-,72-/m0/s1. The van der Waals surface area contributed by atoms with Crippen molar-refractivity contribution < 1.29 is 96.8 Å². The zero-order valence-corrected chi connectivity index (χ0v) is 75.5. The Balaban J connectivity index is 1.07. The minimum absolute atomic E-state index is 0.0190. The fourth-order valence-electron chi connectivity index (χ4n) is 16.3. The number of aliphatic hydroxyl groups excluding tert-OH is 1. The zero-order valence-electron chi connectivity index (χ0n) is 74.7. The van der Waals surface area contributed by atoms with Gasteiger partial charge in [0.05, 0.1) is 37.3 Å². The highest BCUT2D eigenvalue weighted by molar-refractivity contribution is 8.00. The van der Waals surface area contributed by atoms with Gasteiger partial charge in [-0.1, -0.05) is 88.1 Å². The van der Waals surface area contributed by atoms with E-state index in [1.54, 1.807) is 42.7 Å². The van der Waals surface area contributed by atoms with Crippen LogP contribution in [0.25, 0.3) is 21.8 Å². The van der Waals surface area contributed by atoms with E-state index in [0.29, 0.717) is 59.7 Å². The predicted octanol–water partition coefficient (Wildman–Crippen LogP) is -1.07. The molecule has 0 spiro atoms. The average molecular weight is 1840 g/mol. The molecule has 42 heteroatoms. The highest BCUT2D eigenvalue weighted by Gasteiger charge is 2.45. The number of carbonyl (C=O) groups excluding carboxylic acids is 16. The van der Waals surface area contributed by atoms with E-state index in [1.807, 2.05) is 32.0 Å². The number of phenolic OH excluding ortho intramolecular Hbond substituents is 1. The molecule has 0 radical (unpaired) electrons. The topological polar surface area (TPSA) is 600 Å². The molecule has 3 aromatic heterocycles. The number of H-pyrrole nitrogens is 3. The average Bonchev–Trinajstić information content (AvgIpc) is 1.81. The number of hydrogen-bond acceptors (Lipinski definition) is 22. The summed E-state index contributed by atoms with van der Waals surface area (Å²) in [6, 6.07) is -1.04. The second-order valence-corrected chi connectivity index (χ2v) is 34.4. The molecular formula is C89H123N21O20S. The quantitative estimate of drug-likeness (QED) is 0.0303. The van der Waals surface area contributed by atoms with Crippen molar-refractivity contribution in [3.05, 3.63) is 120 Å². The second kappa shape index (κ2) is 49.1. The lowest BCUT2D eigenvalue weighted by Crippen LogP contribution is -2.61. The van der Waals surface area contributed by atoms with Crippen LogP contribution in [-0.4, -0.2) is 310 Å². The van der Waals surface area contributed by atoms with E-state index in [4.69, 9.17) is 11.5 Å². The summed E-state index contributed by atoms with van der Waals surface area (Å²) in [5.41, 5.74) is 14.6. The number of carboxylic acids is 1. The van der Waals surface area contributed by atoms with Crippen LogP contribution in [0.4, 0.5) is 0 Å². The Bertz CT molecular complexity index is 5030. The normalized spacial score (nSPS) is 24.6. The number of benzene rings is 3. The van der Waals surface area contributed by atoms with Crippen molar-refractivity contribution in [3.63, 3.8) is 0 Å². The molecule has 3 fully saturated rings. The summed E-state index contributed by atoms with van der Waals surface area (Å²) in [5.74, 6) is -16.9. The maximum Gasteiger partial charge on any atom is 0.305 e. The minimum Gasteiger partial charge on any atom is -0.508 e. The van der Waals surface area contributed by atoms with Crippen LogP contribution in [0.15, 0.2) is 97.7 Å². The van der Waals surface area contributed by atoms with E-state index in [0.717, 1.165) is 42.3 Å². The first-order chi connectivity index (χ1) is 62.6. The number of carboxylic acid groups (broad SMARTS) is 1. The molecule has 6 heterocycles. The molecule has 41 nitrogen and oxygen atoms in total. The van der Waals surface area contributed by atoms with Gasteiger partial charge in [-0.05, 0) is 132 Å². The first-order valence-corrected chi connectivity index (χ1v) is 45.5. The summed E-state index contributed by atoms with van der Waals surface area (Å²) in [6.45, 7) is 4.62. The van der Waals surface area contributed by atoms with Crippen molar-refractivity contribution in [2.45, 2.75) is 234 Å². The van der Waals surface area contributed by atoms with E-state index >= 15 is 33.6 Å². The van der Waals surface area contributed by atoms with Crippen LogP contribution in [0.1, 0.15) is 146 Å².